The van der Waals surface area contributed by atoms with Gasteiger partial charge in [0.15, 0.2) is 5.78 Å². The molecule has 0 spiro atoms. The highest BCUT2D eigenvalue weighted by Gasteiger charge is 2.28. The molecule has 2 aromatic rings. The van der Waals surface area contributed by atoms with E-state index in [1.54, 1.807) is 24.3 Å². The van der Waals surface area contributed by atoms with E-state index in [1.165, 1.54) is 6.08 Å². The number of carbonyl (C=O) groups excluding carboxylic acids is 2. The first-order valence-corrected chi connectivity index (χ1v) is 10.9. The number of nitrogens with zero attached hydrogens (tertiary/aromatic N) is 2. The monoisotopic (exact) mass is 443 g/mol. The second-order valence-electron chi connectivity index (χ2n) is 6.92. The van der Waals surface area contributed by atoms with Crippen LogP contribution in [0, 0.1) is 0 Å². The van der Waals surface area contributed by atoms with Crippen LogP contribution >= 0.6 is 7.82 Å². The lowest BCUT2D eigenvalue weighted by molar-refractivity contribution is -0.117. The van der Waals surface area contributed by atoms with Gasteiger partial charge in [-0.3, -0.25) is 14.1 Å². The molecule has 2 aromatic carbocycles. The highest BCUT2D eigenvalue weighted by Crippen LogP contribution is 2.35. The Kier molecular flexibility index (Phi) is 6.82. The molecule has 10 heteroatoms. The summed E-state index contributed by atoms with van der Waals surface area (Å²) in [6.07, 6.45) is 1.42. The first-order valence-electron chi connectivity index (χ1n) is 9.36. The van der Waals surface area contributed by atoms with Crippen molar-refractivity contribution in [3.05, 3.63) is 71.3 Å². The van der Waals surface area contributed by atoms with E-state index >= 15 is 0 Å². The highest BCUT2D eigenvalue weighted by atomic mass is 31.2. The molecule has 3 N–H and O–H groups in total. The fourth-order valence-electron chi connectivity index (χ4n) is 2.98. The van der Waals surface area contributed by atoms with Crippen LogP contribution in [-0.4, -0.2) is 54.4 Å². The quantitative estimate of drug-likeness (QED) is 0.340. The van der Waals surface area contributed by atoms with E-state index in [-0.39, 0.29) is 12.1 Å². The summed E-state index contributed by atoms with van der Waals surface area (Å²) in [4.78, 5) is 49.3. The highest BCUT2D eigenvalue weighted by molar-refractivity contribution is 7.46. The Balaban J connectivity index is 1.88. The van der Waals surface area contributed by atoms with Gasteiger partial charge in [-0.1, -0.05) is 24.3 Å². The van der Waals surface area contributed by atoms with Crippen molar-refractivity contribution < 1.29 is 28.5 Å². The third kappa shape index (κ3) is 5.74. The summed E-state index contributed by atoms with van der Waals surface area (Å²) in [6, 6.07) is 14.4. The molecular formula is C21H22N3O6P. The maximum Gasteiger partial charge on any atom is 0.469 e. The van der Waals surface area contributed by atoms with Crippen molar-refractivity contribution in [2.24, 2.45) is 4.99 Å². The molecule has 0 unspecified atom stereocenters. The maximum atomic E-state index is 12.8. The lowest BCUT2D eigenvalue weighted by Gasteiger charge is -2.17. The number of carbonyl (C=O) groups is 2. The second-order valence-corrected chi connectivity index (χ2v) is 8.16. The fraction of sp³-hybridized carbons (Fsp3) is 0.190. The molecule has 1 aliphatic rings. The van der Waals surface area contributed by atoms with Crippen molar-refractivity contribution in [2.45, 2.75) is 0 Å². The van der Waals surface area contributed by atoms with Gasteiger partial charge in [-0.15, -0.1) is 0 Å². The number of phosphoric ester groups is 1. The van der Waals surface area contributed by atoms with Crippen molar-refractivity contribution >= 4 is 36.6 Å². The SMILES string of the molecule is CN(C)c1ccc(N=C2C=C(C(=O)NCCOP(=O)(O)O)C(=O)c3ccccc32)cc1. The van der Waals surface area contributed by atoms with Gasteiger partial charge < -0.3 is 20.0 Å². The van der Waals surface area contributed by atoms with Crippen molar-refractivity contribution in [2.75, 3.05) is 32.1 Å². The number of amides is 1. The predicted octanol–water partition coefficient (Wildman–Crippen LogP) is 2.22. The molecule has 0 saturated carbocycles. The van der Waals surface area contributed by atoms with E-state index in [4.69, 9.17) is 9.79 Å². The predicted molar refractivity (Wildman–Crippen MR) is 117 cm³/mol. The van der Waals surface area contributed by atoms with Gasteiger partial charge in [-0.25, -0.2) is 9.56 Å². The summed E-state index contributed by atoms with van der Waals surface area (Å²) < 4.78 is 15.0. The average Bonchev–Trinajstić information content (AvgIpc) is 2.73. The molecule has 0 radical (unpaired) electrons. The topological polar surface area (TPSA) is 129 Å². The number of nitrogens with one attached hydrogen (secondary N) is 1. The lowest BCUT2D eigenvalue weighted by Crippen LogP contribution is -2.33. The van der Waals surface area contributed by atoms with Crippen LogP contribution in [0.5, 0.6) is 0 Å². The number of Topliss-reactive ketones (excluding diaryl/α,β-unsaturated/α-hetero) is 1. The molecule has 1 amide bonds. The zero-order chi connectivity index (χ0) is 22.6. The number of ketones is 1. The molecule has 0 heterocycles. The molecule has 162 valence electrons. The number of aliphatic imine (C=N–C) groups is 1. The summed E-state index contributed by atoms with van der Waals surface area (Å²) in [5, 5.41) is 2.43. The first-order chi connectivity index (χ1) is 14.7. The summed E-state index contributed by atoms with van der Waals surface area (Å²) >= 11 is 0. The number of allylic oxidation sites excluding steroid dienone is 1. The van der Waals surface area contributed by atoms with Crippen LogP contribution < -0.4 is 10.2 Å². The molecule has 0 atom stereocenters. The van der Waals surface area contributed by atoms with E-state index in [0.717, 1.165) is 5.69 Å². The number of phosphoric acid groups is 1. The van der Waals surface area contributed by atoms with Crippen molar-refractivity contribution in [3.8, 4) is 0 Å². The van der Waals surface area contributed by atoms with E-state index in [1.807, 2.05) is 43.3 Å². The Morgan fingerprint density at radius 1 is 1.10 bits per heavy atom. The van der Waals surface area contributed by atoms with Crippen LogP contribution in [-0.2, 0) is 13.9 Å². The van der Waals surface area contributed by atoms with Gasteiger partial charge in [-0.05, 0) is 30.3 Å². The normalized spacial score (nSPS) is 14.8. The van der Waals surface area contributed by atoms with Crippen molar-refractivity contribution in [1.29, 1.82) is 0 Å². The molecule has 0 fully saturated rings. The fourth-order valence-corrected chi connectivity index (χ4v) is 3.31. The smallest absolute Gasteiger partial charge is 0.378 e. The Morgan fingerprint density at radius 2 is 1.74 bits per heavy atom. The second kappa shape index (κ2) is 9.36. The number of hydrogen-bond acceptors (Lipinski definition) is 6. The summed E-state index contributed by atoms with van der Waals surface area (Å²) in [5.41, 5.74) is 2.99. The molecule has 3 rings (SSSR count). The van der Waals surface area contributed by atoms with Crippen LogP contribution in [0.2, 0.25) is 0 Å². The summed E-state index contributed by atoms with van der Waals surface area (Å²) in [5.74, 6) is -1.13. The summed E-state index contributed by atoms with van der Waals surface area (Å²) in [7, 11) is -0.761. The van der Waals surface area contributed by atoms with Gasteiger partial charge in [0, 0.05) is 37.5 Å². The number of benzene rings is 2. The van der Waals surface area contributed by atoms with Gasteiger partial charge in [-0.2, -0.15) is 0 Å². The van der Waals surface area contributed by atoms with Crippen LogP contribution in [0.15, 0.2) is 65.2 Å². The molecule has 0 aliphatic heterocycles. The van der Waals surface area contributed by atoms with Crippen molar-refractivity contribution in [3.63, 3.8) is 0 Å². The standard InChI is InChI=1S/C21H22N3O6P/c1-24(2)15-9-7-14(8-10-15)23-19-13-18(20(25)17-6-4-3-5-16(17)19)21(26)22-11-12-30-31(27,28)29/h3-10,13H,11-12H2,1-2H3,(H,22,26)(H2,27,28,29). The average molecular weight is 443 g/mol. The molecular weight excluding hydrogens is 421 g/mol. The number of anilines is 1. The van der Waals surface area contributed by atoms with E-state index in [9.17, 15) is 14.2 Å². The Hall–Kier alpha value is -3.10. The minimum absolute atomic E-state index is 0.112. The molecule has 0 saturated heterocycles. The number of hydrogen-bond donors (Lipinski definition) is 3. The van der Waals surface area contributed by atoms with E-state index in [0.29, 0.717) is 22.5 Å². The first kappa shape index (κ1) is 22.6. The van der Waals surface area contributed by atoms with Gasteiger partial charge in [0.1, 0.15) is 0 Å². The third-order valence-electron chi connectivity index (χ3n) is 4.48. The zero-order valence-corrected chi connectivity index (χ0v) is 17.9. The minimum atomic E-state index is -4.63. The van der Waals surface area contributed by atoms with Gasteiger partial charge in [0.05, 0.1) is 23.6 Å². The van der Waals surface area contributed by atoms with Crippen LogP contribution in [0.4, 0.5) is 11.4 Å². The number of rotatable bonds is 7. The van der Waals surface area contributed by atoms with E-state index in [2.05, 4.69) is 14.8 Å². The Bertz CT molecular complexity index is 1100. The Morgan fingerprint density at radius 3 is 2.35 bits per heavy atom. The number of fused-ring (bicyclic) bond motifs is 1. The van der Waals surface area contributed by atoms with Crippen LogP contribution in [0.25, 0.3) is 0 Å². The molecule has 1 aliphatic carbocycles. The van der Waals surface area contributed by atoms with Crippen molar-refractivity contribution in [1.82, 2.24) is 5.32 Å². The Labute approximate surface area is 179 Å². The van der Waals surface area contributed by atoms with Gasteiger partial charge in [0.2, 0.25) is 0 Å². The minimum Gasteiger partial charge on any atom is -0.378 e. The molecule has 9 nitrogen and oxygen atoms in total. The molecule has 0 bridgehead atoms. The van der Waals surface area contributed by atoms with E-state index < -0.39 is 26.1 Å². The summed E-state index contributed by atoms with van der Waals surface area (Å²) in [6.45, 7) is -0.568. The maximum absolute atomic E-state index is 12.8. The van der Waals surface area contributed by atoms with Crippen LogP contribution in [0.3, 0.4) is 0 Å². The van der Waals surface area contributed by atoms with Crippen LogP contribution in [0.1, 0.15) is 15.9 Å². The van der Waals surface area contributed by atoms with Gasteiger partial charge in [0.25, 0.3) is 5.91 Å². The largest absolute Gasteiger partial charge is 0.469 e. The molecule has 31 heavy (non-hydrogen) atoms. The zero-order valence-electron chi connectivity index (χ0n) is 17.0. The lowest BCUT2D eigenvalue weighted by atomic mass is 9.88. The molecule has 0 aromatic heterocycles. The van der Waals surface area contributed by atoms with Gasteiger partial charge >= 0.3 is 7.82 Å². The third-order valence-corrected chi connectivity index (χ3v) is 5.00.